The third kappa shape index (κ3) is 3.94. The van der Waals surface area contributed by atoms with Gasteiger partial charge in [0.15, 0.2) is 0 Å². The molecule has 0 saturated heterocycles. The normalized spacial score (nSPS) is 14.6. The molecule has 0 spiro atoms. The van der Waals surface area contributed by atoms with Gasteiger partial charge in [-0.15, -0.1) is 11.3 Å². The summed E-state index contributed by atoms with van der Waals surface area (Å²) in [5.41, 5.74) is 0. The van der Waals surface area contributed by atoms with Crippen LogP contribution >= 0.6 is 11.3 Å². The van der Waals surface area contributed by atoms with Gasteiger partial charge in [0.05, 0.1) is 5.92 Å². The molecule has 90 valence electrons. The van der Waals surface area contributed by atoms with E-state index in [0.29, 0.717) is 12.6 Å². The summed E-state index contributed by atoms with van der Waals surface area (Å²) in [7, 11) is 0. The highest BCUT2D eigenvalue weighted by atomic mass is 32.1. The van der Waals surface area contributed by atoms with E-state index in [1.54, 1.807) is 18.3 Å². The molecule has 2 N–H and O–H groups in total. The van der Waals surface area contributed by atoms with E-state index in [1.807, 2.05) is 6.07 Å². The van der Waals surface area contributed by atoms with Crippen molar-refractivity contribution in [1.29, 1.82) is 0 Å². The maximum Gasteiger partial charge on any atom is 0.307 e. The van der Waals surface area contributed by atoms with Gasteiger partial charge in [-0.2, -0.15) is 0 Å². The van der Waals surface area contributed by atoms with Crippen LogP contribution in [0.5, 0.6) is 0 Å². The predicted octanol–water partition coefficient (Wildman–Crippen LogP) is 2.90. The van der Waals surface area contributed by atoms with Crippen LogP contribution in [0.2, 0.25) is 0 Å². The first-order valence-corrected chi connectivity index (χ1v) is 6.52. The van der Waals surface area contributed by atoms with Crippen LogP contribution in [0.4, 0.5) is 0 Å². The van der Waals surface area contributed by atoms with Crippen molar-refractivity contribution < 1.29 is 9.90 Å². The summed E-state index contributed by atoms with van der Waals surface area (Å²) in [5.74, 6) is -1.08. The monoisotopic (exact) mass is 241 g/mol. The van der Waals surface area contributed by atoms with Crippen molar-refractivity contribution in [3.05, 3.63) is 22.4 Å². The van der Waals surface area contributed by atoms with E-state index in [4.69, 9.17) is 5.11 Å². The SMILES string of the molecule is CCCC(NCC(C)C(=O)O)c1cccs1. The molecule has 0 amide bonds. The van der Waals surface area contributed by atoms with Crippen LogP contribution in [0.25, 0.3) is 0 Å². The van der Waals surface area contributed by atoms with Crippen LogP contribution in [0.3, 0.4) is 0 Å². The second kappa shape index (κ2) is 6.66. The number of hydrogen-bond acceptors (Lipinski definition) is 3. The van der Waals surface area contributed by atoms with Crippen LogP contribution in [-0.4, -0.2) is 17.6 Å². The van der Waals surface area contributed by atoms with Gasteiger partial charge in [-0.1, -0.05) is 26.3 Å². The first kappa shape index (κ1) is 13.2. The summed E-state index contributed by atoms with van der Waals surface area (Å²) in [6.45, 7) is 4.40. The first-order chi connectivity index (χ1) is 7.65. The zero-order chi connectivity index (χ0) is 12.0. The highest BCUT2D eigenvalue weighted by molar-refractivity contribution is 7.10. The largest absolute Gasteiger partial charge is 0.481 e. The number of aliphatic carboxylic acids is 1. The van der Waals surface area contributed by atoms with Gasteiger partial charge in [0, 0.05) is 17.5 Å². The number of carboxylic acid groups (broad SMARTS) is 1. The van der Waals surface area contributed by atoms with Crippen molar-refractivity contribution in [2.24, 2.45) is 5.92 Å². The molecule has 2 unspecified atom stereocenters. The summed E-state index contributed by atoms with van der Waals surface area (Å²) in [6, 6.07) is 4.43. The summed E-state index contributed by atoms with van der Waals surface area (Å²) < 4.78 is 0. The Balaban J connectivity index is 2.49. The van der Waals surface area contributed by atoms with Crippen LogP contribution in [-0.2, 0) is 4.79 Å². The molecule has 0 aromatic carbocycles. The van der Waals surface area contributed by atoms with Gasteiger partial charge in [-0.25, -0.2) is 0 Å². The standard InChI is InChI=1S/C12H19NO2S/c1-3-5-10(11-6-4-7-16-11)13-8-9(2)12(14)15/h4,6-7,9-10,13H,3,5,8H2,1-2H3,(H,14,15). The van der Waals surface area contributed by atoms with Gasteiger partial charge in [-0.05, 0) is 17.9 Å². The van der Waals surface area contributed by atoms with Crippen LogP contribution in [0, 0.1) is 5.92 Å². The van der Waals surface area contributed by atoms with Gasteiger partial charge < -0.3 is 10.4 Å². The Labute approximate surface area is 100 Å². The number of nitrogens with one attached hydrogen (secondary N) is 1. The van der Waals surface area contributed by atoms with E-state index in [9.17, 15) is 4.79 Å². The molecule has 2 atom stereocenters. The molecule has 3 nitrogen and oxygen atoms in total. The quantitative estimate of drug-likeness (QED) is 0.771. The lowest BCUT2D eigenvalue weighted by Gasteiger charge is -2.18. The van der Waals surface area contributed by atoms with Crippen LogP contribution < -0.4 is 5.32 Å². The summed E-state index contributed by atoms with van der Waals surface area (Å²) in [4.78, 5) is 12.0. The van der Waals surface area contributed by atoms with Crippen molar-refractivity contribution in [3.8, 4) is 0 Å². The van der Waals surface area contributed by atoms with Crippen molar-refractivity contribution in [1.82, 2.24) is 5.32 Å². The van der Waals surface area contributed by atoms with E-state index in [2.05, 4.69) is 23.7 Å². The Bertz CT molecular complexity index is 311. The lowest BCUT2D eigenvalue weighted by Crippen LogP contribution is -2.29. The molecule has 16 heavy (non-hydrogen) atoms. The summed E-state index contributed by atoms with van der Waals surface area (Å²) >= 11 is 1.72. The summed E-state index contributed by atoms with van der Waals surface area (Å²) in [5, 5.41) is 14.2. The van der Waals surface area contributed by atoms with Crippen molar-refractivity contribution in [2.75, 3.05) is 6.54 Å². The molecule has 0 aliphatic carbocycles. The van der Waals surface area contributed by atoms with Crippen LogP contribution in [0.1, 0.15) is 37.6 Å². The van der Waals surface area contributed by atoms with Gasteiger partial charge in [0.2, 0.25) is 0 Å². The molecule has 0 fully saturated rings. The fraction of sp³-hybridized carbons (Fsp3) is 0.583. The Kier molecular flexibility index (Phi) is 5.49. The van der Waals surface area contributed by atoms with E-state index in [-0.39, 0.29) is 5.92 Å². The minimum Gasteiger partial charge on any atom is -0.481 e. The molecule has 0 bridgehead atoms. The Hall–Kier alpha value is -0.870. The highest BCUT2D eigenvalue weighted by Crippen LogP contribution is 2.23. The second-order valence-electron chi connectivity index (χ2n) is 4.00. The van der Waals surface area contributed by atoms with Gasteiger partial charge >= 0.3 is 5.97 Å². The molecule has 0 saturated carbocycles. The number of carbonyl (C=O) groups is 1. The Morgan fingerprint density at radius 2 is 2.38 bits per heavy atom. The minimum atomic E-state index is -0.742. The molecule has 1 rings (SSSR count). The molecule has 1 heterocycles. The predicted molar refractivity (Wildman–Crippen MR) is 66.8 cm³/mol. The Morgan fingerprint density at radius 1 is 1.62 bits per heavy atom. The zero-order valence-corrected chi connectivity index (χ0v) is 10.6. The second-order valence-corrected chi connectivity index (χ2v) is 4.98. The molecule has 1 aromatic rings. The van der Waals surface area contributed by atoms with Gasteiger partial charge in [0.25, 0.3) is 0 Å². The van der Waals surface area contributed by atoms with Gasteiger partial charge in [-0.3, -0.25) is 4.79 Å². The molecule has 0 radical (unpaired) electrons. The third-order valence-electron chi connectivity index (χ3n) is 2.56. The topological polar surface area (TPSA) is 49.3 Å². The average Bonchev–Trinajstić information content (AvgIpc) is 2.76. The minimum absolute atomic E-state index is 0.298. The fourth-order valence-corrected chi connectivity index (χ4v) is 2.37. The smallest absolute Gasteiger partial charge is 0.307 e. The lowest BCUT2D eigenvalue weighted by molar-refractivity contribution is -0.141. The number of rotatable bonds is 7. The Morgan fingerprint density at radius 3 is 2.88 bits per heavy atom. The summed E-state index contributed by atoms with van der Waals surface area (Å²) in [6.07, 6.45) is 2.14. The molecule has 0 aliphatic heterocycles. The van der Waals surface area contributed by atoms with Crippen molar-refractivity contribution in [2.45, 2.75) is 32.7 Å². The van der Waals surface area contributed by atoms with E-state index in [1.165, 1.54) is 4.88 Å². The first-order valence-electron chi connectivity index (χ1n) is 5.64. The highest BCUT2D eigenvalue weighted by Gasteiger charge is 2.15. The van der Waals surface area contributed by atoms with E-state index >= 15 is 0 Å². The van der Waals surface area contributed by atoms with Crippen molar-refractivity contribution >= 4 is 17.3 Å². The zero-order valence-electron chi connectivity index (χ0n) is 9.77. The van der Waals surface area contributed by atoms with E-state index in [0.717, 1.165) is 12.8 Å². The van der Waals surface area contributed by atoms with E-state index < -0.39 is 5.97 Å². The molecule has 0 aliphatic rings. The fourth-order valence-electron chi connectivity index (χ4n) is 1.53. The molecule has 1 aromatic heterocycles. The third-order valence-corrected chi connectivity index (χ3v) is 3.54. The average molecular weight is 241 g/mol. The lowest BCUT2D eigenvalue weighted by atomic mass is 10.1. The maximum atomic E-state index is 10.7. The number of thiophene rings is 1. The van der Waals surface area contributed by atoms with Crippen molar-refractivity contribution in [3.63, 3.8) is 0 Å². The number of carboxylic acids is 1. The molecule has 4 heteroatoms. The van der Waals surface area contributed by atoms with Gasteiger partial charge in [0.1, 0.15) is 0 Å². The maximum absolute atomic E-state index is 10.7. The molecular weight excluding hydrogens is 222 g/mol. The van der Waals surface area contributed by atoms with Crippen LogP contribution in [0.15, 0.2) is 17.5 Å². The molecular formula is C12H19NO2S. The number of hydrogen-bond donors (Lipinski definition) is 2.